The van der Waals surface area contributed by atoms with E-state index in [1.807, 2.05) is 0 Å². The minimum Gasteiger partial charge on any atom is -0.273 e. The summed E-state index contributed by atoms with van der Waals surface area (Å²) < 4.78 is 25.7. The maximum absolute atomic E-state index is 11.6. The molecular weight excluding hydrogens is 296 g/mol. The normalized spacial score (nSPS) is 10.5. The number of amides is 1. The Morgan fingerprint density at radius 2 is 1.94 bits per heavy atom. The van der Waals surface area contributed by atoms with Gasteiger partial charge in [0, 0.05) is 4.47 Å². The number of nitriles is 1. The molecule has 1 aromatic rings. The second-order valence-electron chi connectivity index (χ2n) is 2.82. The molecule has 1 N–H and O–H groups in total. The number of hydrogen-bond acceptors (Lipinski definition) is 4. The van der Waals surface area contributed by atoms with Crippen LogP contribution in [0.3, 0.4) is 0 Å². The van der Waals surface area contributed by atoms with Crippen LogP contribution in [-0.2, 0) is 14.8 Å². The van der Waals surface area contributed by atoms with Gasteiger partial charge in [-0.1, -0.05) is 15.9 Å². The monoisotopic (exact) mass is 302 g/mol. The summed E-state index contributed by atoms with van der Waals surface area (Å²) >= 11 is 3.16. The van der Waals surface area contributed by atoms with Crippen molar-refractivity contribution in [1.29, 1.82) is 5.26 Å². The average Bonchev–Trinajstić information content (AvgIpc) is 2.17. The lowest BCUT2D eigenvalue weighted by atomic mass is 10.4. The van der Waals surface area contributed by atoms with Crippen LogP contribution in [0.4, 0.5) is 0 Å². The predicted molar refractivity (Wildman–Crippen MR) is 59.7 cm³/mol. The smallest absolute Gasteiger partial charge is 0.264 e. The molecule has 0 bridgehead atoms. The fraction of sp³-hybridized carbons (Fsp3) is 0.111. The molecule has 0 aliphatic heterocycles. The molecule has 0 atom stereocenters. The number of carbonyl (C=O) groups is 1. The topological polar surface area (TPSA) is 87.0 Å². The van der Waals surface area contributed by atoms with Crippen LogP contribution in [0.15, 0.2) is 33.6 Å². The SMILES string of the molecule is N#CCC(=O)NS(=O)(=O)c1ccc(Br)cc1. The summed E-state index contributed by atoms with van der Waals surface area (Å²) in [7, 11) is -3.87. The minimum absolute atomic E-state index is 0.0259. The molecule has 7 heteroatoms. The second-order valence-corrected chi connectivity index (χ2v) is 5.42. The molecule has 0 saturated carbocycles. The first-order valence-electron chi connectivity index (χ1n) is 4.14. The molecule has 1 rings (SSSR count). The predicted octanol–water partition coefficient (Wildman–Crippen LogP) is 1.17. The lowest BCUT2D eigenvalue weighted by Gasteiger charge is -2.04. The first-order valence-corrected chi connectivity index (χ1v) is 6.41. The van der Waals surface area contributed by atoms with Crippen LogP contribution in [0.1, 0.15) is 6.42 Å². The van der Waals surface area contributed by atoms with Gasteiger partial charge in [0.1, 0.15) is 6.42 Å². The van der Waals surface area contributed by atoms with Crippen molar-refractivity contribution in [3.63, 3.8) is 0 Å². The molecule has 0 spiro atoms. The maximum Gasteiger partial charge on any atom is 0.264 e. The van der Waals surface area contributed by atoms with Gasteiger partial charge in [-0.3, -0.25) is 4.79 Å². The molecule has 0 aromatic heterocycles. The number of hydrogen-bond donors (Lipinski definition) is 1. The largest absolute Gasteiger partial charge is 0.273 e. The van der Waals surface area contributed by atoms with E-state index in [9.17, 15) is 13.2 Å². The number of halogens is 1. The van der Waals surface area contributed by atoms with E-state index < -0.39 is 22.4 Å². The summed E-state index contributed by atoms with van der Waals surface area (Å²) in [6.07, 6.45) is -0.490. The molecule has 0 aliphatic rings. The van der Waals surface area contributed by atoms with E-state index in [4.69, 9.17) is 5.26 Å². The zero-order chi connectivity index (χ0) is 12.2. The van der Waals surface area contributed by atoms with Crippen LogP contribution >= 0.6 is 15.9 Å². The van der Waals surface area contributed by atoms with Gasteiger partial charge < -0.3 is 0 Å². The molecule has 0 radical (unpaired) electrons. The highest BCUT2D eigenvalue weighted by molar-refractivity contribution is 9.10. The van der Waals surface area contributed by atoms with Gasteiger partial charge in [0.2, 0.25) is 5.91 Å². The van der Waals surface area contributed by atoms with Crippen LogP contribution in [-0.4, -0.2) is 14.3 Å². The summed E-state index contributed by atoms with van der Waals surface area (Å²) in [5.74, 6) is -0.842. The van der Waals surface area contributed by atoms with Crippen LogP contribution in [0, 0.1) is 11.3 Å². The highest BCUT2D eigenvalue weighted by Crippen LogP contribution is 2.14. The number of carbonyl (C=O) groups excluding carboxylic acids is 1. The van der Waals surface area contributed by atoms with Crippen molar-refractivity contribution in [2.24, 2.45) is 0 Å². The first-order chi connectivity index (χ1) is 7.45. The average molecular weight is 303 g/mol. The molecule has 16 heavy (non-hydrogen) atoms. The van der Waals surface area contributed by atoms with E-state index in [1.54, 1.807) is 22.9 Å². The molecule has 0 heterocycles. The van der Waals surface area contributed by atoms with E-state index in [0.29, 0.717) is 0 Å². The van der Waals surface area contributed by atoms with Gasteiger partial charge in [-0.2, -0.15) is 5.26 Å². The van der Waals surface area contributed by atoms with E-state index in [0.717, 1.165) is 4.47 Å². The Balaban J connectivity index is 2.91. The number of rotatable bonds is 3. The van der Waals surface area contributed by atoms with Crippen LogP contribution in [0.25, 0.3) is 0 Å². The molecule has 1 amide bonds. The van der Waals surface area contributed by atoms with Gasteiger partial charge in [-0.15, -0.1) is 0 Å². The van der Waals surface area contributed by atoms with Gasteiger partial charge in [0.15, 0.2) is 0 Å². The zero-order valence-electron chi connectivity index (χ0n) is 7.97. The van der Waals surface area contributed by atoms with Gasteiger partial charge in [0.05, 0.1) is 11.0 Å². The van der Waals surface area contributed by atoms with E-state index in [2.05, 4.69) is 15.9 Å². The molecule has 84 valence electrons. The Kier molecular flexibility index (Phi) is 4.04. The maximum atomic E-state index is 11.6. The quantitative estimate of drug-likeness (QED) is 0.908. The van der Waals surface area contributed by atoms with E-state index in [-0.39, 0.29) is 4.90 Å². The third kappa shape index (κ3) is 3.32. The summed E-state index contributed by atoms with van der Waals surface area (Å²) in [6.45, 7) is 0. The number of benzene rings is 1. The standard InChI is InChI=1S/C9H7BrN2O3S/c10-7-1-3-8(4-2-7)16(14,15)12-9(13)5-6-11/h1-4H,5H2,(H,12,13). The number of nitrogens with zero attached hydrogens (tertiary/aromatic N) is 1. The van der Waals surface area contributed by atoms with Crippen molar-refractivity contribution in [2.75, 3.05) is 0 Å². The lowest BCUT2D eigenvalue weighted by Crippen LogP contribution is -2.29. The number of sulfonamides is 1. The molecule has 0 fully saturated rings. The summed E-state index contributed by atoms with van der Waals surface area (Å²) in [5, 5.41) is 8.23. The summed E-state index contributed by atoms with van der Waals surface area (Å²) in [5.41, 5.74) is 0. The Morgan fingerprint density at radius 1 is 1.38 bits per heavy atom. The van der Waals surface area contributed by atoms with Crippen molar-refractivity contribution < 1.29 is 13.2 Å². The third-order valence-electron chi connectivity index (χ3n) is 1.61. The van der Waals surface area contributed by atoms with E-state index >= 15 is 0 Å². The highest BCUT2D eigenvalue weighted by Gasteiger charge is 2.16. The summed E-state index contributed by atoms with van der Waals surface area (Å²) in [6, 6.07) is 7.36. The zero-order valence-corrected chi connectivity index (χ0v) is 10.4. The van der Waals surface area contributed by atoms with Crippen LogP contribution in [0.2, 0.25) is 0 Å². The molecular formula is C9H7BrN2O3S. The Bertz CT molecular complexity index is 531. The van der Waals surface area contributed by atoms with Crippen LogP contribution < -0.4 is 4.72 Å². The fourth-order valence-electron chi connectivity index (χ4n) is 0.930. The molecule has 1 aromatic carbocycles. The number of nitrogens with one attached hydrogen (secondary N) is 1. The fourth-order valence-corrected chi connectivity index (χ4v) is 2.18. The second kappa shape index (κ2) is 5.09. The molecule has 0 saturated heterocycles. The first kappa shape index (κ1) is 12.7. The van der Waals surface area contributed by atoms with Gasteiger partial charge in [-0.25, -0.2) is 13.1 Å². The molecule has 0 unspecified atom stereocenters. The lowest BCUT2D eigenvalue weighted by molar-refractivity contribution is -0.118. The van der Waals surface area contributed by atoms with Crippen molar-refractivity contribution in [1.82, 2.24) is 4.72 Å². The minimum atomic E-state index is -3.87. The van der Waals surface area contributed by atoms with Crippen molar-refractivity contribution in [3.8, 4) is 6.07 Å². The third-order valence-corrected chi connectivity index (χ3v) is 3.53. The van der Waals surface area contributed by atoms with Crippen LogP contribution in [0.5, 0.6) is 0 Å². The Morgan fingerprint density at radius 3 is 2.44 bits per heavy atom. The molecule has 0 aliphatic carbocycles. The Hall–Kier alpha value is -1.39. The van der Waals surface area contributed by atoms with Gasteiger partial charge >= 0.3 is 0 Å². The molecule has 5 nitrogen and oxygen atoms in total. The highest BCUT2D eigenvalue weighted by atomic mass is 79.9. The van der Waals surface area contributed by atoms with E-state index in [1.165, 1.54) is 12.1 Å². The van der Waals surface area contributed by atoms with Crippen molar-refractivity contribution in [2.45, 2.75) is 11.3 Å². The van der Waals surface area contributed by atoms with Crippen molar-refractivity contribution in [3.05, 3.63) is 28.7 Å². The van der Waals surface area contributed by atoms with Gasteiger partial charge in [-0.05, 0) is 24.3 Å². The Labute approximate surface area is 101 Å². The summed E-state index contributed by atoms with van der Waals surface area (Å²) in [4.78, 5) is 11.0. The van der Waals surface area contributed by atoms with Gasteiger partial charge in [0.25, 0.3) is 10.0 Å². The van der Waals surface area contributed by atoms with Crippen molar-refractivity contribution >= 4 is 31.9 Å².